The van der Waals surface area contributed by atoms with Crippen LogP contribution in [0.2, 0.25) is 0 Å². The second-order valence-electron chi connectivity index (χ2n) is 6.15. The average Bonchev–Trinajstić information content (AvgIpc) is 2.76. The van der Waals surface area contributed by atoms with Crippen molar-refractivity contribution in [2.45, 2.75) is 0 Å². The van der Waals surface area contributed by atoms with Crippen LogP contribution in [-0.2, 0) is 4.79 Å². The fraction of sp³-hybridized carbons (Fsp3) is 0.174. The first-order valence-corrected chi connectivity index (χ1v) is 9.19. The summed E-state index contributed by atoms with van der Waals surface area (Å²) in [5, 5.41) is 3.17. The van der Waals surface area contributed by atoms with Gasteiger partial charge in [-0.2, -0.15) is 0 Å². The van der Waals surface area contributed by atoms with Crippen molar-refractivity contribution in [3.05, 3.63) is 84.9 Å². The first-order chi connectivity index (χ1) is 13.7. The number of amides is 1. The van der Waals surface area contributed by atoms with E-state index in [4.69, 9.17) is 9.47 Å². The Balaban J connectivity index is 1.50. The molecule has 5 nitrogen and oxygen atoms in total. The molecule has 0 aliphatic heterocycles. The number of anilines is 2. The first kappa shape index (κ1) is 19.3. The lowest BCUT2D eigenvalue weighted by atomic mass is 10.2. The lowest BCUT2D eigenvalue weighted by Crippen LogP contribution is -2.32. The molecule has 1 amide bonds. The lowest BCUT2D eigenvalue weighted by Gasteiger charge is -2.19. The standard InChI is InChI=1S/C23H24N2O3/c1-25(19-10-4-2-5-11-19)23(26)18-24-21-14-8-9-15-22(21)28-17-16-27-20-12-6-3-7-13-20/h2-15,24H,16-18H2,1H3. The van der Waals surface area contributed by atoms with E-state index < -0.39 is 0 Å². The second kappa shape index (κ2) is 10.0. The fourth-order valence-corrected chi connectivity index (χ4v) is 2.65. The highest BCUT2D eigenvalue weighted by Gasteiger charge is 2.11. The molecule has 0 aliphatic rings. The third-order valence-electron chi connectivity index (χ3n) is 4.19. The van der Waals surface area contributed by atoms with E-state index in [9.17, 15) is 4.79 Å². The second-order valence-corrected chi connectivity index (χ2v) is 6.15. The monoisotopic (exact) mass is 376 g/mol. The molecule has 3 aromatic carbocycles. The molecule has 144 valence electrons. The number of carbonyl (C=O) groups excluding carboxylic acids is 1. The maximum atomic E-state index is 12.4. The van der Waals surface area contributed by atoms with Gasteiger partial charge in [-0.25, -0.2) is 0 Å². The molecule has 0 radical (unpaired) electrons. The van der Waals surface area contributed by atoms with E-state index in [1.807, 2.05) is 84.9 Å². The van der Waals surface area contributed by atoms with Crippen LogP contribution >= 0.6 is 0 Å². The average molecular weight is 376 g/mol. The van der Waals surface area contributed by atoms with Gasteiger partial charge in [-0.1, -0.05) is 48.5 Å². The number of para-hydroxylation sites is 4. The third-order valence-corrected chi connectivity index (χ3v) is 4.19. The van der Waals surface area contributed by atoms with E-state index in [1.54, 1.807) is 11.9 Å². The molecule has 0 bridgehead atoms. The molecule has 0 fully saturated rings. The number of likely N-dealkylation sites (N-methyl/N-ethyl adjacent to an activating group) is 1. The van der Waals surface area contributed by atoms with Crippen LogP contribution in [0.4, 0.5) is 11.4 Å². The Kier molecular flexibility index (Phi) is 6.90. The molecule has 0 saturated heterocycles. The molecule has 1 N–H and O–H groups in total. The Morgan fingerprint density at radius 1 is 0.821 bits per heavy atom. The molecular formula is C23H24N2O3. The van der Waals surface area contributed by atoms with Gasteiger partial charge in [0.25, 0.3) is 0 Å². The number of nitrogens with one attached hydrogen (secondary N) is 1. The first-order valence-electron chi connectivity index (χ1n) is 9.19. The van der Waals surface area contributed by atoms with Crippen LogP contribution in [0.15, 0.2) is 84.9 Å². The highest BCUT2D eigenvalue weighted by Crippen LogP contribution is 2.23. The van der Waals surface area contributed by atoms with E-state index in [1.165, 1.54) is 0 Å². The Hall–Kier alpha value is -3.47. The molecule has 3 rings (SSSR count). The van der Waals surface area contributed by atoms with E-state index in [0.29, 0.717) is 19.0 Å². The van der Waals surface area contributed by atoms with Crippen LogP contribution in [0.5, 0.6) is 11.5 Å². The van der Waals surface area contributed by atoms with Crippen LogP contribution in [0.3, 0.4) is 0 Å². The van der Waals surface area contributed by atoms with Crippen LogP contribution in [-0.4, -0.2) is 32.7 Å². The number of hydrogen-bond donors (Lipinski definition) is 1. The van der Waals surface area contributed by atoms with Gasteiger partial charge in [-0.05, 0) is 36.4 Å². The minimum absolute atomic E-state index is 0.0339. The molecule has 0 heterocycles. The molecule has 3 aromatic rings. The molecule has 0 saturated carbocycles. The van der Waals surface area contributed by atoms with Crippen molar-refractivity contribution >= 4 is 17.3 Å². The number of hydrogen-bond acceptors (Lipinski definition) is 4. The molecule has 0 unspecified atom stereocenters. The van der Waals surface area contributed by atoms with Gasteiger partial charge in [0.2, 0.25) is 5.91 Å². The Morgan fingerprint density at radius 2 is 1.43 bits per heavy atom. The quantitative estimate of drug-likeness (QED) is 0.568. The summed E-state index contributed by atoms with van der Waals surface area (Å²) in [5.74, 6) is 1.47. The van der Waals surface area contributed by atoms with Gasteiger partial charge in [-0.15, -0.1) is 0 Å². The van der Waals surface area contributed by atoms with E-state index in [0.717, 1.165) is 17.1 Å². The van der Waals surface area contributed by atoms with Crippen molar-refractivity contribution in [1.29, 1.82) is 0 Å². The number of rotatable bonds is 9. The summed E-state index contributed by atoms with van der Waals surface area (Å²) in [6.45, 7) is 1.02. The minimum Gasteiger partial charge on any atom is -0.490 e. The van der Waals surface area contributed by atoms with Crippen molar-refractivity contribution in [1.82, 2.24) is 0 Å². The van der Waals surface area contributed by atoms with Gasteiger partial charge in [0, 0.05) is 12.7 Å². The Morgan fingerprint density at radius 3 is 2.18 bits per heavy atom. The number of nitrogens with zero attached hydrogens (tertiary/aromatic N) is 1. The third kappa shape index (κ3) is 5.51. The summed E-state index contributed by atoms with van der Waals surface area (Å²) in [7, 11) is 1.77. The van der Waals surface area contributed by atoms with Crippen molar-refractivity contribution < 1.29 is 14.3 Å². The van der Waals surface area contributed by atoms with Gasteiger partial charge >= 0.3 is 0 Å². The number of benzene rings is 3. The molecule has 0 aliphatic carbocycles. The van der Waals surface area contributed by atoms with Crippen LogP contribution in [0.1, 0.15) is 0 Å². The minimum atomic E-state index is -0.0339. The van der Waals surface area contributed by atoms with E-state index in [2.05, 4.69) is 5.32 Å². The zero-order valence-electron chi connectivity index (χ0n) is 15.9. The Bertz CT molecular complexity index is 869. The summed E-state index contributed by atoms with van der Waals surface area (Å²) in [4.78, 5) is 14.1. The summed E-state index contributed by atoms with van der Waals surface area (Å²) in [6.07, 6.45) is 0. The van der Waals surface area contributed by atoms with Gasteiger partial charge < -0.3 is 19.7 Å². The zero-order valence-corrected chi connectivity index (χ0v) is 15.9. The van der Waals surface area contributed by atoms with Crippen LogP contribution in [0, 0.1) is 0 Å². The topological polar surface area (TPSA) is 50.8 Å². The fourth-order valence-electron chi connectivity index (χ4n) is 2.65. The zero-order chi connectivity index (χ0) is 19.6. The largest absolute Gasteiger partial charge is 0.490 e. The van der Waals surface area contributed by atoms with Crippen molar-refractivity contribution in [3.8, 4) is 11.5 Å². The molecule has 0 spiro atoms. The molecule has 0 atom stereocenters. The molecule has 0 aromatic heterocycles. The van der Waals surface area contributed by atoms with Gasteiger partial charge in [0.05, 0.1) is 12.2 Å². The van der Waals surface area contributed by atoms with Crippen molar-refractivity contribution in [2.24, 2.45) is 0 Å². The summed E-state index contributed by atoms with van der Waals surface area (Å²) in [6, 6.07) is 26.7. The van der Waals surface area contributed by atoms with E-state index >= 15 is 0 Å². The van der Waals surface area contributed by atoms with Crippen LogP contribution < -0.4 is 19.7 Å². The number of carbonyl (C=O) groups is 1. The maximum absolute atomic E-state index is 12.4. The highest BCUT2D eigenvalue weighted by atomic mass is 16.5. The SMILES string of the molecule is CN(C(=O)CNc1ccccc1OCCOc1ccccc1)c1ccccc1. The predicted molar refractivity (Wildman–Crippen MR) is 112 cm³/mol. The molecular weight excluding hydrogens is 352 g/mol. The summed E-state index contributed by atoms with van der Waals surface area (Å²) in [5.41, 5.74) is 1.63. The van der Waals surface area contributed by atoms with Gasteiger partial charge in [-0.3, -0.25) is 4.79 Å². The Labute approximate surface area is 165 Å². The summed E-state index contributed by atoms with van der Waals surface area (Å²) < 4.78 is 11.5. The highest BCUT2D eigenvalue weighted by molar-refractivity contribution is 5.95. The van der Waals surface area contributed by atoms with Gasteiger partial charge in [0.15, 0.2) is 0 Å². The molecule has 5 heteroatoms. The molecule has 28 heavy (non-hydrogen) atoms. The van der Waals surface area contributed by atoms with Gasteiger partial charge in [0.1, 0.15) is 24.7 Å². The smallest absolute Gasteiger partial charge is 0.246 e. The maximum Gasteiger partial charge on any atom is 0.246 e. The van der Waals surface area contributed by atoms with Crippen molar-refractivity contribution in [3.63, 3.8) is 0 Å². The predicted octanol–water partition coefficient (Wildman–Crippen LogP) is 4.22. The van der Waals surface area contributed by atoms with Crippen molar-refractivity contribution in [2.75, 3.05) is 37.0 Å². The number of ether oxygens (including phenoxy) is 2. The van der Waals surface area contributed by atoms with Crippen LogP contribution in [0.25, 0.3) is 0 Å². The normalized spacial score (nSPS) is 10.2. The summed E-state index contributed by atoms with van der Waals surface area (Å²) >= 11 is 0. The van der Waals surface area contributed by atoms with E-state index in [-0.39, 0.29) is 12.5 Å². The lowest BCUT2D eigenvalue weighted by molar-refractivity contribution is -0.116.